The monoisotopic (exact) mass is 269 g/mol. The minimum atomic E-state index is -0.157. The van der Waals surface area contributed by atoms with E-state index in [1.165, 1.54) is 6.42 Å². The molecule has 0 saturated carbocycles. The van der Waals surface area contributed by atoms with Gasteiger partial charge in [-0.2, -0.15) is 5.26 Å². The van der Waals surface area contributed by atoms with Gasteiger partial charge in [-0.1, -0.05) is 18.2 Å². The number of likely N-dealkylation sites (tertiary alicyclic amines) is 1. The minimum absolute atomic E-state index is 0.157. The molecular formula is C16H19N3O. The topological polar surface area (TPSA) is 47.3 Å². The summed E-state index contributed by atoms with van der Waals surface area (Å²) in [7, 11) is 1.84. The van der Waals surface area contributed by atoms with Crippen molar-refractivity contribution in [3.05, 3.63) is 42.1 Å². The van der Waals surface area contributed by atoms with E-state index in [1.807, 2.05) is 43.4 Å². The highest BCUT2D eigenvalue weighted by atomic mass is 16.2. The molecule has 1 aromatic carbocycles. The van der Waals surface area contributed by atoms with Crippen LogP contribution < -0.4 is 4.90 Å². The Kier molecular flexibility index (Phi) is 4.78. The molecule has 0 unspecified atom stereocenters. The molecule has 0 atom stereocenters. The Labute approximate surface area is 119 Å². The lowest BCUT2D eigenvalue weighted by atomic mass is 10.1. The molecule has 1 heterocycles. The smallest absolute Gasteiger partial charge is 0.266 e. The molecule has 104 valence electrons. The summed E-state index contributed by atoms with van der Waals surface area (Å²) in [5.74, 6) is -0.157. The molecule has 2 rings (SSSR count). The first-order valence-corrected chi connectivity index (χ1v) is 6.91. The molecule has 1 aromatic rings. The Bertz CT molecular complexity index is 524. The van der Waals surface area contributed by atoms with Crippen LogP contribution in [0.5, 0.6) is 0 Å². The van der Waals surface area contributed by atoms with Gasteiger partial charge in [-0.05, 0) is 31.4 Å². The molecule has 1 aliphatic heterocycles. The van der Waals surface area contributed by atoms with Gasteiger partial charge in [0.2, 0.25) is 0 Å². The van der Waals surface area contributed by atoms with Crippen molar-refractivity contribution in [2.75, 3.05) is 25.0 Å². The van der Waals surface area contributed by atoms with Crippen LogP contribution in [0.4, 0.5) is 5.69 Å². The molecule has 1 aliphatic rings. The van der Waals surface area contributed by atoms with Gasteiger partial charge in [0.05, 0.1) is 0 Å². The van der Waals surface area contributed by atoms with Gasteiger partial charge < -0.3 is 9.80 Å². The number of carbonyl (C=O) groups is 1. The Morgan fingerprint density at radius 2 is 1.90 bits per heavy atom. The van der Waals surface area contributed by atoms with Crippen LogP contribution in [0.2, 0.25) is 0 Å². The molecule has 0 bridgehead atoms. The molecule has 0 aliphatic carbocycles. The third-order valence-corrected chi connectivity index (χ3v) is 3.48. The first kappa shape index (κ1) is 14.1. The Hall–Kier alpha value is -2.28. The summed E-state index contributed by atoms with van der Waals surface area (Å²) >= 11 is 0. The lowest BCUT2D eigenvalue weighted by Gasteiger charge is -2.26. The van der Waals surface area contributed by atoms with Gasteiger partial charge in [-0.25, -0.2) is 0 Å². The van der Waals surface area contributed by atoms with Gasteiger partial charge in [0.1, 0.15) is 11.6 Å². The summed E-state index contributed by atoms with van der Waals surface area (Å²) in [6.07, 6.45) is 4.84. The van der Waals surface area contributed by atoms with Crippen molar-refractivity contribution >= 4 is 11.6 Å². The van der Waals surface area contributed by atoms with Crippen LogP contribution in [-0.4, -0.2) is 30.9 Å². The molecular weight excluding hydrogens is 250 g/mol. The Balaban J connectivity index is 2.13. The summed E-state index contributed by atoms with van der Waals surface area (Å²) in [6.45, 7) is 1.51. The Morgan fingerprint density at radius 1 is 1.25 bits per heavy atom. The summed E-state index contributed by atoms with van der Waals surface area (Å²) in [4.78, 5) is 15.9. The van der Waals surface area contributed by atoms with E-state index in [1.54, 1.807) is 16.0 Å². The largest absolute Gasteiger partial charge is 0.350 e. The fourth-order valence-electron chi connectivity index (χ4n) is 2.33. The molecule has 4 heteroatoms. The number of hydrogen-bond donors (Lipinski definition) is 0. The molecule has 4 nitrogen and oxygen atoms in total. The normalized spacial score (nSPS) is 15.6. The maximum Gasteiger partial charge on any atom is 0.266 e. The van der Waals surface area contributed by atoms with Crippen LogP contribution in [-0.2, 0) is 4.79 Å². The van der Waals surface area contributed by atoms with E-state index in [0.717, 1.165) is 31.6 Å². The second-order valence-electron chi connectivity index (χ2n) is 4.95. The molecule has 1 amide bonds. The number of anilines is 1. The van der Waals surface area contributed by atoms with Gasteiger partial charge in [0.25, 0.3) is 5.91 Å². The van der Waals surface area contributed by atoms with Crippen molar-refractivity contribution in [1.82, 2.24) is 4.90 Å². The predicted octanol–water partition coefficient (Wildman–Crippen LogP) is 2.54. The zero-order chi connectivity index (χ0) is 14.4. The lowest BCUT2D eigenvalue weighted by molar-refractivity contribution is -0.127. The average molecular weight is 269 g/mol. The SMILES string of the molecule is CN(/C=C(/C#N)C(=O)N1CCCCC1)c1ccccc1. The average Bonchev–Trinajstić information content (AvgIpc) is 2.53. The number of amides is 1. The number of piperidine rings is 1. The fourth-order valence-corrected chi connectivity index (χ4v) is 2.33. The number of carbonyl (C=O) groups excluding carboxylic acids is 1. The van der Waals surface area contributed by atoms with Crippen LogP contribution in [0.25, 0.3) is 0 Å². The van der Waals surface area contributed by atoms with Crippen molar-refractivity contribution in [3.8, 4) is 6.07 Å². The first-order chi connectivity index (χ1) is 9.72. The van der Waals surface area contributed by atoms with Gasteiger partial charge in [0, 0.05) is 32.0 Å². The highest BCUT2D eigenvalue weighted by molar-refractivity contribution is 5.97. The van der Waals surface area contributed by atoms with Crippen molar-refractivity contribution in [2.45, 2.75) is 19.3 Å². The van der Waals surface area contributed by atoms with Gasteiger partial charge in [-0.3, -0.25) is 4.79 Å². The van der Waals surface area contributed by atoms with E-state index < -0.39 is 0 Å². The van der Waals surface area contributed by atoms with Crippen molar-refractivity contribution in [2.24, 2.45) is 0 Å². The summed E-state index contributed by atoms with van der Waals surface area (Å²) in [5, 5.41) is 9.23. The predicted molar refractivity (Wildman–Crippen MR) is 79.0 cm³/mol. The summed E-state index contributed by atoms with van der Waals surface area (Å²) < 4.78 is 0. The number of hydrogen-bond acceptors (Lipinski definition) is 3. The number of rotatable bonds is 3. The van der Waals surface area contributed by atoms with Crippen molar-refractivity contribution in [1.29, 1.82) is 5.26 Å². The second kappa shape index (κ2) is 6.76. The van der Waals surface area contributed by atoms with Gasteiger partial charge in [-0.15, -0.1) is 0 Å². The molecule has 0 N–H and O–H groups in total. The van der Waals surface area contributed by atoms with E-state index >= 15 is 0 Å². The molecule has 0 aromatic heterocycles. The van der Waals surface area contributed by atoms with Crippen LogP contribution in [0, 0.1) is 11.3 Å². The third-order valence-electron chi connectivity index (χ3n) is 3.48. The van der Waals surface area contributed by atoms with Crippen LogP contribution in [0.1, 0.15) is 19.3 Å². The number of nitriles is 1. The first-order valence-electron chi connectivity index (χ1n) is 6.91. The van der Waals surface area contributed by atoms with E-state index in [9.17, 15) is 10.1 Å². The van der Waals surface area contributed by atoms with Gasteiger partial charge in [0.15, 0.2) is 0 Å². The molecule has 0 radical (unpaired) electrons. The second-order valence-corrected chi connectivity index (χ2v) is 4.95. The summed E-state index contributed by atoms with van der Waals surface area (Å²) in [5.41, 5.74) is 1.14. The maximum absolute atomic E-state index is 12.3. The Morgan fingerprint density at radius 3 is 2.50 bits per heavy atom. The van der Waals surface area contributed by atoms with E-state index in [-0.39, 0.29) is 11.5 Å². The maximum atomic E-state index is 12.3. The number of nitrogens with zero attached hydrogens (tertiary/aromatic N) is 3. The fraction of sp³-hybridized carbons (Fsp3) is 0.375. The van der Waals surface area contributed by atoms with Gasteiger partial charge >= 0.3 is 0 Å². The number of benzene rings is 1. The molecule has 1 fully saturated rings. The van der Waals surface area contributed by atoms with E-state index in [2.05, 4.69) is 0 Å². The molecule has 20 heavy (non-hydrogen) atoms. The number of para-hydroxylation sites is 1. The highest BCUT2D eigenvalue weighted by Gasteiger charge is 2.20. The van der Waals surface area contributed by atoms with Crippen molar-refractivity contribution in [3.63, 3.8) is 0 Å². The standard InChI is InChI=1S/C16H19N3O/c1-18(15-8-4-2-5-9-15)13-14(12-17)16(20)19-10-6-3-7-11-19/h2,4-5,8-9,13H,3,6-7,10-11H2,1H3/b14-13-. The quantitative estimate of drug-likeness (QED) is 0.626. The molecule has 0 spiro atoms. The highest BCUT2D eigenvalue weighted by Crippen LogP contribution is 2.15. The molecule has 1 saturated heterocycles. The summed E-state index contributed by atoms with van der Waals surface area (Å²) in [6, 6.07) is 11.7. The minimum Gasteiger partial charge on any atom is -0.350 e. The third kappa shape index (κ3) is 3.39. The van der Waals surface area contributed by atoms with Crippen molar-refractivity contribution < 1.29 is 4.79 Å². The van der Waals surface area contributed by atoms with Crippen LogP contribution in [0.3, 0.4) is 0 Å². The van der Waals surface area contributed by atoms with Crippen LogP contribution in [0.15, 0.2) is 42.1 Å². The van der Waals surface area contributed by atoms with E-state index in [0.29, 0.717) is 0 Å². The van der Waals surface area contributed by atoms with Crippen LogP contribution >= 0.6 is 0 Å². The van der Waals surface area contributed by atoms with E-state index in [4.69, 9.17) is 0 Å². The zero-order valence-electron chi connectivity index (χ0n) is 11.7. The lowest BCUT2D eigenvalue weighted by Crippen LogP contribution is -2.36. The zero-order valence-corrected chi connectivity index (χ0v) is 11.7.